The molecule has 0 spiro atoms. The highest BCUT2D eigenvalue weighted by molar-refractivity contribution is 5.83. The molecule has 4 nitrogen and oxygen atoms in total. The number of benzene rings is 2. The Morgan fingerprint density at radius 3 is 2.22 bits per heavy atom. The molecule has 2 N–H and O–H groups in total. The minimum Gasteiger partial charge on any atom is -0.366 e. The van der Waals surface area contributed by atoms with Gasteiger partial charge in [0.2, 0.25) is 5.91 Å². The molecule has 3 rings (SSSR count). The molecule has 1 fully saturated rings. The van der Waals surface area contributed by atoms with E-state index in [1.165, 1.54) is 6.07 Å². The van der Waals surface area contributed by atoms with Gasteiger partial charge < -0.3 is 15.5 Å². The van der Waals surface area contributed by atoms with E-state index in [-0.39, 0.29) is 11.7 Å². The number of nitrogens with two attached hydrogens (primary N) is 1. The number of piperazine rings is 1. The number of hydrogen-bond acceptors (Lipinski definition) is 3. The van der Waals surface area contributed by atoms with Gasteiger partial charge in [0.05, 0.1) is 5.69 Å². The lowest BCUT2D eigenvalue weighted by atomic mass is 10.1. The Kier molecular flexibility index (Phi) is 4.57. The summed E-state index contributed by atoms with van der Waals surface area (Å²) in [6.07, 6.45) is 0. The number of nitrogens with zero attached hydrogens (tertiary/aromatic N) is 2. The summed E-state index contributed by atoms with van der Waals surface area (Å²) in [5.74, 6) is -0.308. The first-order valence-electron chi connectivity index (χ1n) is 7.75. The second kappa shape index (κ2) is 6.79. The van der Waals surface area contributed by atoms with Crippen LogP contribution in [0.1, 0.15) is 11.6 Å². The van der Waals surface area contributed by atoms with Gasteiger partial charge in [-0.2, -0.15) is 0 Å². The molecular weight excluding hydrogens is 293 g/mol. The molecule has 0 radical (unpaired) electrons. The zero-order valence-corrected chi connectivity index (χ0v) is 12.9. The highest BCUT2D eigenvalue weighted by atomic mass is 19.1. The van der Waals surface area contributed by atoms with Crippen LogP contribution in [-0.4, -0.2) is 37.0 Å². The van der Waals surface area contributed by atoms with E-state index >= 15 is 0 Å². The van der Waals surface area contributed by atoms with Gasteiger partial charge in [0.25, 0.3) is 0 Å². The largest absolute Gasteiger partial charge is 0.366 e. The molecule has 0 saturated carbocycles. The highest BCUT2D eigenvalue weighted by Crippen LogP contribution is 2.21. The van der Waals surface area contributed by atoms with Crippen LogP contribution in [0.4, 0.5) is 10.1 Å². The van der Waals surface area contributed by atoms with Gasteiger partial charge in [-0.1, -0.05) is 42.5 Å². The Morgan fingerprint density at radius 2 is 1.57 bits per heavy atom. The number of carbonyl (C=O) groups excluding carboxylic acids is 1. The average molecular weight is 313 g/mol. The Hall–Kier alpha value is -2.40. The zero-order valence-electron chi connectivity index (χ0n) is 12.9. The van der Waals surface area contributed by atoms with Gasteiger partial charge in [-0.05, 0) is 17.7 Å². The van der Waals surface area contributed by atoms with E-state index < -0.39 is 6.04 Å². The molecule has 120 valence electrons. The standard InChI is InChI=1S/C18H20FN3O/c19-15-8-4-5-9-16(15)21-10-12-22(13-11-21)18(23)17(20)14-6-2-1-3-7-14/h1-9,17H,10-13,20H2/t17-/m0/s1. The first-order chi connectivity index (χ1) is 11.2. The van der Waals surface area contributed by atoms with E-state index in [4.69, 9.17) is 5.73 Å². The van der Waals surface area contributed by atoms with Crippen LogP contribution in [0.5, 0.6) is 0 Å². The van der Waals surface area contributed by atoms with Gasteiger partial charge in [0.1, 0.15) is 11.9 Å². The molecule has 2 aromatic rings. The summed E-state index contributed by atoms with van der Waals surface area (Å²) in [5, 5.41) is 0. The van der Waals surface area contributed by atoms with E-state index in [9.17, 15) is 9.18 Å². The average Bonchev–Trinajstić information content (AvgIpc) is 2.62. The third-order valence-corrected chi connectivity index (χ3v) is 4.21. The SMILES string of the molecule is N[C@H](C(=O)N1CCN(c2ccccc2F)CC1)c1ccccc1. The fraction of sp³-hybridized carbons (Fsp3) is 0.278. The monoisotopic (exact) mass is 313 g/mol. The van der Waals surface area contributed by atoms with Gasteiger partial charge >= 0.3 is 0 Å². The molecule has 1 saturated heterocycles. The lowest BCUT2D eigenvalue weighted by Gasteiger charge is -2.37. The third kappa shape index (κ3) is 3.35. The predicted molar refractivity (Wildman–Crippen MR) is 88.6 cm³/mol. The minimum absolute atomic E-state index is 0.0793. The van der Waals surface area contributed by atoms with Gasteiger partial charge in [-0.3, -0.25) is 4.79 Å². The predicted octanol–water partition coefficient (Wildman–Crippen LogP) is 2.17. The van der Waals surface area contributed by atoms with Gasteiger partial charge in [0.15, 0.2) is 0 Å². The summed E-state index contributed by atoms with van der Waals surface area (Å²) in [4.78, 5) is 16.2. The summed E-state index contributed by atoms with van der Waals surface area (Å²) in [6, 6.07) is 15.4. The molecule has 0 aliphatic carbocycles. The summed E-state index contributed by atoms with van der Waals surface area (Å²) in [7, 11) is 0. The quantitative estimate of drug-likeness (QED) is 0.945. The lowest BCUT2D eigenvalue weighted by molar-refractivity contribution is -0.133. The van der Waals surface area contributed by atoms with E-state index in [0.29, 0.717) is 31.9 Å². The Labute approximate surface area is 135 Å². The normalized spacial score (nSPS) is 16.3. The van der Waals surface area contributed by atoms with Crippen molar-refractivity contribution < 1.29 is 9.18 Å². The third-order valence-electron chi connectivity index (χ3n) is 4.21. The molecule has 1 heterocycles. The van der Waals surface area contributed by atoms with Crippen LogP contribution in [0.25, 0.3) is 0 Å². The molecule has 0 aromatic heterocycles. The number of carbonyl (C=O) groups is 1. The number of rotatable bonds is 3. The Bertz CT molecular complexity index is 669. The summed E-state index contributed by atoms with van der Waals surface area (Å²) >= 11 is 0. The van der Waals surface area contributed by atoms with Gasteiger partial charge in [-0.25, -0.2) is 4.39 Å². The minimum atomic E-state index is -0.642. The van der Waals surface area contributed by atoms with Gasteiger partial charge in [-0.15, -0.1) is 0 Å². The van der Waals surface area contributed by atoms with Crippen LogP contribution >= 0.6 is 0 Å². The molecule has 1 atom stereocenters. The first kappa shape index (κ1) is 15.5. The second-order valence-corrected chi connectivity index (χ2v) is 5.65. The highest BCUT2D eigenvalue weighted by Gasteiger charge is 2.26. The van der Waals surface area contributed by atoms with Crippen molar-refractivity contribution in [2.45, 2.75) is 6.04 Å². The fourth-order valence-corrected chi connectivity index (χ4v) is 2.88. The maximum absolute atomic E-state index is 13.8. The summed E-state index contributed by atoms with van der Waals surface area (Å²) in [6.45, 7) is 2.31. The van der Waals surface area contributed by atoms with E-state index in [1.807, 2.05) is 41.3 Å². The molecule has 5 heteroatoms. The molecule has 1 aliphatic rings. The summed E-state index contributed by atoms with van der Waals surface area (Å²) in [5.41, 5.74) is 7.48. The van der Waals surface area contributed by atoms with Crippen LogP contribution < -0.4 is 10.6 Å². The number of hydrogen-bond donors (Lipinski definition) is 1. The lowest BCUT2D eigenvalue weighted by Crippen LogP contribution is -2.51. The zero-order chi connectivity index (χ0) is 16.2. The second-order valence-electron chi connectivity index (χ2n) is 5.65. The molecule has 2 aromatic carbocycles. The van der Waals surface area contributed by atoms with Crippen molar-refractivity contribution in [2.75, 3.05) is 31.1 Å². The Balaban J connectivity index is 1.63. The van der Waals surface area contributed by atoms with Crippen LogP contribution in [0.2, 0.25) is 0 Å². The van der Waals surface area contributed by atoms with Crippen molar-refractivity contribution in [2.24, 2.45) is 5.73 Å². The van der Waals surface area contributed by atoms with Crippen molar-refractivity contribution in [3.05, 3.63) is 66.0 Å². The molecule has 0 unspecified atom stereocenters. The number of halogens is 1. The molecule has 1 amide bonds. The van der Waals surface area contributed by atoms with E-state index in [0.717, 1.165) is 5.56 Å². The van der Waals surface area contributed by atoms with Crippen molar-refractivity contribution in [1.82, 2.24) is 4.90 Å². The maximum Gasteiger partial charge on any atom is 0.244 e. The van der Waals surface area contributed by atoms with Crippen molar-refractivity contribution in [3.63, 3.8) is 0 Å². The van der Waals surface area contributed by atoms with Gasteiger partial charge in [0, 0.05) is 26.2 Å². The summed E-state index contributed by atoms with van der Waals surface area (Å²) < 4.78 is 13.8. The van der Waals surface area contributed by atoms with Crippen LogP contribution in [0.15, 0.2) is 54.6 Å². The molecule has 1 aliphatic heterocycles. The Morgan fingerprint density at radius 1 is 0.957 bits per heavy atom. The fourth-order valence-electron chi connectivity index (χ4n) is 2.88. The van der Waals surface area contributed by atoms with Crippen molar-refractivity contribution in [1.29, 1.82) is 0 Å². The van der Waals surface area contributed by atoms with Crippen molar-refractivity contribution >= 4 is 11.6 Å². The number of anilines is 1. The molecule has 23 heavy (non-hydrogen) atoms. The van der Waals surface area contributed by atoms with E-state index in [2.05, 4.69) is 0 Å². The topological polar surface area (TPSA) is 49.6 Å². The molecule has 0 bridgehead atoms. The van der Waals surface area contributed by atoms with Crippen LogP contribution in [0, 0.1) is 5.82 Å². The molecular formula is C18H20FN3O. The van der Waals surface area contributed by atoms with Crippen molar-refractivity contribution in [3.8, 4) is 0 Å². The number of amides is 1. The smallest absolute Gasteiger partial charge is 0.244 e. The maximum atomic E-state index is 13.8. The van der Waals surface area contributed by atoms with Crippen LogP contribution in [0.3, 0.4) is 0 Å². The van der Waals surface area contributed by atoms with Crippen LogP contribution in [-0.2, 0) is 4.79 Å². The first-order valence-corrected chi connectivity index (χ1v) is 7.75. The number of para-hydroxylation sites is 1. The van der Waals surface area contributed by atoms with E-state index in [1.54, 1.807) is 17.0 Å².